The number of aromatic carboxylic acids is 1. The molecule has 16 heavy (non-hydrogen) atoms. The van der Waals surface area contributed by atoms with Crippen molar-refractivity contribution < 1.29 is 14.7 Å². The van der Waals surface area contributed by atoms with Crippen molar-refractivity contribution in [2.75, 3.05) is 0 Å². The second kappa shape index (κ2) is 5.12. The maximum absolute atomic E-state index is 11.2. The number of rotatable bonds is 4. The second-order valence-corrected chi connectivity index (χ2v) is 3.95. The number of hydrogen-bond donors (Lipinski definition) is 1. The van der Waals surface area contributed by atoms with Gasteiger partial charge in [0.05, 0.1) is 5.56 Å². The van der Waals surface area contributed by atoms with Gasteiger partial charge in [0.2, 0.25) is 0 Å². The van der Waals surface area contributed by atoms with Crippen LogP contribution in [0.1, 0.15) is 40.7 Å². The molecule has 0 aliphatic carbocycles. The first-order valence-corrected chi connectivity index (χ1v) is 5.42. The Morgan fingerprint density at radius 2 is 2.06 bits per heavy atom. The fourth-order valence-corrected chi connectivity index (χ4v) is 1.79. The number of hydrogen-bond acceptors (Lipinski definition) is 2. The number of alkyl halides is 1. The van der Waals surface area contributed by atoms with Crippen LogP contribution in [-0.2, 0) is 11.2 Å². The molecule has 4 heteroatoms. The Kier molecular flexibility index (Phi) is 4.07. The zero-order valence-electron chi connectivity index (χ0n) is 9.16. The molecule has 0 aliphatic rings. The van der Waals surface area contributed by atoms with E-state index < -0.39 is 11.3 Å². The molecule has 1 N–H and O–H groups in total. The van der Waals surface area contributed by atoms with Gasteiger partial charge in [0, 0.05) is 0 Å². The Hall–Kier alpha value is -1.35. The van der Waals surface area contributed by atoms with E-state index in [-0.39, 0.29) is 11.3 Å². The van der Waals surface area contributed by atoms with Crippen molar-refractivity contribution in [3.8, 4) is 0 Å². The van der Waals surface area contributed by atoms with E-state index >= 15 is 0 Å². The number of Topliss-reactive ketones (excluding diaryl/α,β-unsaturated/α-hetero) is 1. The highest BCUT2D eigenvalue weighted by molar-refractivity contribution is 6.31. The van der Waals surface area contributed by atoms with Gasteiger partial charge in [0.15, 0.2) is 5.78 Å². The van der Waals surface area contributed by atoms with E-state index in [2.05, 4.69) is 0 Å². The Morgan fingerprint density at radius 3 is 2.50 bits per heavy atom. The predicted octanol–water partition coefficient (Wildman–Crippen LogP) is 2.82. The van der Waals surface area contributed by atoms with Gasteiger partial charge in [-0.3, -0.25) is 4.79 Å². The summed E-state index contributed by atoms with van der Waals surface area (Å²) in [4.78, 5) is 22.4. The van der Waals surface area contributed by atoms with E-state index in [1.54, 1.807) is 18.2 Å². The van der Waals surface area contributed by atoms with Gasteiger partial charge in [-0.1, -0.05) is 25.1 Å². The Morgan fingerprint density at radius 1 is 1.44 bits per heavy atom. The van der Waals surface area contributed by atoms with E-state index in [1.165, 1.54) is 6.92 Å². The first-order chi connectivity index (χ1) is 7.49. The Labute approximate surface area is 99.0 Å². The largest absolute Gasteiger partial charge is 0.478 e. The summed E-state index contributed by atoms with van der Waals surface area (Å²) in [5.74, 6) is -1.29. The quantitative estimate of drug-likeness (QED) is 0.824. The molecular formula is C12H13ClO3. The number of halogens is 1. The number of aryl methyl sites for hydroxylation is 1. The van der Waals surface area contributed by atoms with Gasteiger partial charge in [-0.25, -0.2) is 4.79 Å². The highest BCUT2D eigenvalue weighted by Crippen LogP contribution is 2.27. The van der Waals surface area contributed by atoms with Crippen LogP contribution in [0.2, 0.25) is 0 Å². The third kappa shape index (κ3) is 2.42. The molecule has 0 amide bonds. The van der Waals surface area contributed by atoms with Crippen molar-refractivity contribution in [2.45, 2.75) is 25.6 Å². The van der Waals surface area contributed by atoms with Crippen LogP contribution in [-0.4, -0.2) is 16.9 Å². The molecule has 86 valence electrons. The molecule has 1 rings (SSSR count). The lowest BCUT2D eigenvalue weighted by Gasteiger charge is -2.12. The number of carboxylic acids is 1. The minimum Gasteiger partial charge on any atom is -0.478 e. The van der Waals surface area contributed by atoms with Gasteiger partial charge >= 0.3 is 5.97 Å². The minimum absolute atomic E-state index is 0.153. The van der Waals surface area contributed by atoms with E-state index in [1.807, 2.05) is 6.92 Å². The van der Waals surface area contributed by atoms with Crippen molar-refractivity contribution in [3.63, 3.8) is 0 Å². The SMILES string of the molecule is CCc1cccc(C(Cl)C(C)=O)c1C(=O)O. The van der Waals surface area contributed by atoms with Gasteiger partial charge in [0.25, 0.3) is 0 Å². The van der Waals surface area contributed by atoms with Gasteiger partial charge in [0.1, 0.15) is 5.38 Å². The molecule has 1 unspecified atom stereocenters. The fraction of sp³-hybridized carbons (Fsp3) is 0.333. The molecule has 0 heterocycles. The highest BCUT2D eigenvalue weighted by Gasteiger charge is 2.22. The lowest BCUT2D eigenvalue weighted by molar-refractivity contribution is -0.116. The standard InChI is InChI=1S/C12H13ClO3/c1-3-8-5-4-6-9(10(8)12(15)16)11(13)7(2)14/h4-6,11H,3H2,1-2H3,(H,15,16). The zero-order chi connectivity index (χ0) is 12.3. The number of benzene rings is 1. The zero-order valence-corrected chi connectivity index (χ0v) is 9.91. The number of carbonyl (C=O) groups is 2. The molecule has 1 atom stereocenters. The molecule has 0 fully saturated rings. The fourth-order valence-electron chi connectivity index (χ4n) is 1.61. The first-order valence-electron chi connectivity index (χ1n) is 4.98. The Balaban J connectivity index is 3.38. The summed E-state index contributed by atoms with van der Waals surface area (Å²) in [6.07, 6.45) is 0.594. The minimum atomic E-state index is -1.04. The maximum Gasteiger partial charge on any atom is 0.336 e. The molecule has 0 bridgehead atoms. The lowest BCUT2D eigenvalue weighted by Crippen LogP contribution is -2.11. The molecule has 0 aliphatic heterocycles. The number of carbonyl (C=O) groups excluding carboxylic acids is 1. The third-order valence-corrected chi connectivity index (χ3v) is 2.95. The van der Waals surface area contributed by atoms with Crippen LogP contribution in [0.4, 0.5) is 0 Å². The summed E-state index contributed by atoms with van der Waals surface area (Å²) in [5.41, 5.74) is 1.22. The summed E-state index contributed by atoms with van der Waals surface area (Å²) in [5, 5.41) is 8.25. The third-order valence-electron chi connectivity index (χ3n) is 2.41. The summed E-state index contributed by atoms with van der Waals surface area (Å²) < 4.78 is 0. The molecule has 3 nitrogen and oxygen atoms in total. The summed E-state index contributed by atoms with van der Waals surface area (Å²) in [6.45, 7) is 3.21. The average molecular weight is 241 g/mol. The van der Waals surface area contributed by atoms with Gasteiger partial charge < -0.3 is 5.11 Å². The van der Waals surface area contributed by atoms with E-state index in [9.17, 15) is 9.59 Å². The number of ketones is 1. The molecule has 0 radical (unpaired) electrons. The summed E-state index contributed by atoms with van der Waals surface area (Å²) in [7, 11) is 0. The van der Waals surface area contributed by atoms with Crippen LogP contribution >= 0.6 is 11.6 Å². The van der Waals surface area contributed by atoms with Gasteiger partial charge in [-0.05, 0) is 24.5 Å². The smallest absolute Gasteiger partial charge is 0.336 e. The van der Waals surface area contributed by atoms with E-state index in [0.29, 0.717) is 17.5 Å². The van der Waals surface area contributed by atoms with Gasteiger partial charge in [-0.2, -0.15) is 0 Å². The normalized spacial score (nSPS) is 12.2. The van der Waals surface area contributed by atoms with Crippen LogP contribution in [0, 0.1) is 0 Å². The lowest BCUT2D eigenvalue weighted by atomic mass is 9.96. The average Bonchev–Trinajstić information content (AvgIpc) is 2.26. The van der Waals surface area contributed by atoms with Crippen molar-refractivity contribution in [3.05, 3.63) is 34.9 Å². The molecule has 0 spiro atoms. The molecule has 0 saturated heterocycles. The first kappa shape index (κ1) is 12.7. The van der Waals surface area contributed by atoms with Crippen molar-refractivity contribution in [1.29, 1.82) is 0 Å². The molecule has 1 aromatic carbocycles. The summed E-state index contributed by atoms with van der Waals surface area (Å²) in [6, 6.07) is 5.04. The molecule has 0 saturated carbocycles. The predicted molar refractivity (Wildman–Crippen MR) is 62.1 cm³/mol. The van der Waals surface area contributed by atoms with Crippen LogP contribution < -0.4 is 0 Å². The second-order valence-electron chi connectivity index (χ2n) is 3.51. The van der Waals surface area contributed by atoms with Crippen molar-refractivity contribution >= 4 is 23.4 Å². The molecular weight excluding hydrogens is 228 g/mol. The summed E-state index contributed by atoms with van der Waals surface area (Å²) >= 11 is 5.91. The van der Waals surface area contributed by atoms with Crippen LogP contribution in [0.3, 0.4) is 0 Å². The van der Waals surface area contributed by atoms with Crippen LogP contribution in [0.5, 0.6) is 0 Å². The monoisotopic (exact) mass is 240 g/mol. The van der Waals surface area contributed by atoms with Crippen LogP contribution in [0.15, 0.2) is 18.2 Å². The Bertz CT molecular complexity index is 426. The molecule has 0 aromatic heterocycles. The number of carboxylic acid groups (broad SMARTS) is 1. The van der Waals surface area contributed by atoms with Crippen molar-refractivity contribution in [1.82, 2.24) is 0 Å². The maximum atomic E-state index is 11.2. The highest BCUT2D eigenvalue weighted by atomic mass is 35.5. The van der Waals surface area contributed by atoms with Crippen molar-refractivity contribution in [2.24, 2.45) is 0 Å². The van der Waals surface area contributed by atoms with Crippen LogP contribution in [0.25, 0.3) is 0 Å². The van der Waals surface area contributed by atoms with E-state index in [4.69, 9.17) is 16.7 Å². The van der Waals surface area contributed by atoms with E-state index in [0.717, 1.165) is 0 Å². The van der Waals surface area contributed by atoms with Gasteiger partial charge in [-0.15, -0.1) is 11.6 Å². The molecule has 1 aromatic rings. The topological polar surface area (TPSA) is 54.4 Å².